The lowest BCUT2D eigenvalue weighted by molar-refractivity contribution is -0.131. The molecule has 0 fully saturated rings. The fourth-order valence-electron chi connectivity index (χ4n) is 1.36. The first-order chi connectivity index (χ1) is 7.47. The van der Waals surface area contributed by atoms with E-state index in [-0.39, 0.29) is 5.91 Å². The van der Waals surface area contributed by atoms with Crippen LogP contribution in [-0.2, 0) is 9.53 Å². The molecule has 0 saturated heterocycles. The van der Waals surface area contributed by atoms with Crippen molar-refractivity contribution in [1.29, 1.82) is 0 Å². The van der Waals surface area contributed by atoms with Gasteiger partial charge in [0.15, 0.2) is 0 Å². The molecule has 96 valence electrons. The SMILES string of the molecule is COCCN(CC(C)C)C(=O)CNC(C)C. The van der Waals surface area contributed by atoms with E-state index in [1.165, 1.54) is 0 Å². The van der Waals surface area contributed by atoms with Gasteiger partial charge in [-0.15, -0.1) is 0 Å². The molecule has 0 bridgehead atoms. The monoisotopic (exact) mass is 230 g/mol. The number of hydrogen-bond donors (Lipinski definition) is 1. The Kier molecular flexibility index (Phi) is 8.21. The molecular formula is C12H26N2O2. The summed E-state index contributed by atoms with van der Waals surface area (Å²) in [5.41, 5.74) is 0. The zero-order valence-corrected chi connectivity index (χ0v) is 11.2. The van der Waals surface area contributed by atoms with Crippen molar-refractivity contribution in [3.05, 3.63) is 0 Å². The number of methoxy groups -OCH3 is 1. The van der Waals surface area contributed by atoms with Crippen molar-refractivity contribution in [2.75, 3.05) is 33.4 Å². The molecule has 0 aliphatic carbocycles. The van der Waals surface area contributed by atoms with E-state index < -0.39 is 0 Å². The Morgan fingerprint density at radius 1 is 1.31 bits per heavy atom. The quantitative estimate of drug-likeness (QED) is 0.679. The van der Waals surface area contributed by atoms with Crippen LogP contribution in [-0.4, -0.2) is 50.2 Å². The molecule has 1 amide bonds. The van der Waals surface area contributed by atoms with Gasteiger partial charge in [0.2, 0.25) is 5.91 Å². The van der Waals surface area contributed by atoms with Crippen molar-refractivity contribution in [2.24, 2.45) is 5.92 Å². The van der Waals surface area contributed by atoms with Crippen LogP contribution < -0.4 is 5.32 Å². The van der Waals surface area contributed by atoms with E-state index in [1.807, 2.05) is 18.7 Å². The second kappa shape index (κ2) is 8.53. The summed E-state index contributed by atoms with van der Waals surface area (Å²) >= 11 is 0. The molecule has 0 spiro atoms. The number of amides is 1. The van der Waals surface area contributed by atoms with Crippen molar-refractivity contribution in [3.63, 3.8) is 0 Å². The van der Waals surface area contributed by atoms with Crippen LogP contribution in [0.5, 0.6) is 0 Å². The van der Waals surface area contributed by atoms with E-state index in [9.17, 15) is 4.79 Å². The summed E-state index contributed by atoms with van der Waals surface area (Å²) in [5.74, 6) is 0.638. The molecule has 16 heavy (non-hydrogen) atoms. The average molecular weight is 230 g/mol. The van der Waals surface area contributed by atoms with E-state index in [0.717, 1.165) is 6.54 Å². The molecule has 0 aliphatic rings. The molecule has 0 aromatic heterocycles. The molecule has 0 radical (unpaired) electrons. The number of nitrogens with one attached hydrogen (secondary N) is 1. The van der Waals surface area contributed by atoms with Crippen LogP contribution in [0.15, 0.2) is 0 Å². The third-order valence-corrected chi connectivity index (χ3v) is 2.17. The maximum absolute atomic E-state index is 11.9. The van der Waals surface area contributed by atoms with Crippen molar-refractivity contribution >= 4 is 5.91 Å². The van der Waals surface area contributed by atoms with Crippen molar-refractivity contribution < 1.29 is 9.53 Å². The first-order valence-corrected chi connectivity index (χ1v) is 5.97. The molecule has 0 unspecified atom stereocenters. The standard InChI is InChI=1S/C12H26N2O2/c1-10(2)9-14(6-7-16-5)12(15)8-13-11(3)4/h10-11,13H,6-9H2,1-5H3. The molecule has 0 saturated carbocycles. The lowest BCUT2D eigenvalue weighted by Gasteiger charge is -2.25. The summed E-state index contributed by atoms with van der Waals surface area (Å²) in [4.78, 5) is 13.8. The van der Waals surface area contributed by atoms with Gasteiger partial charge < -0.3 is 15.0 Å². The lowest BCUT2D eigenvalue weighted by atomic mass is 10.2. The topological polar surface area (TPSA) is 41.6 Å². The third kappa shape index (κ3) is 7.65. The molecule has 0 atom stereocenters. The largest absolute Gasteiger partial charge is 0.383 e. The average Bonchev–Trinajstić information content (AvgIpc) is 2.20. The normalized spacial score (nSPS) is 11.2. The zero-order valence-electron chi connectivity index (χ0n) is 11.2. The third-order valence-electron chi connectivity index (χ3n) is 2.17. The van der Waals surface area contributed by atoms with Gasteiger partial charge in [-0.1, -0.05) is 27.7 Å². The van der Waals surface area contributed by atoms with Gasteiger partial charge in [-0.25, -0.2) is 0 Å². The Hall–Kier alpha value is -0.610. The summed E-state index contributed by atoms with van der Waals surface area (Å²) in [6, 6.07) is 0.340. The Bertz CT molecular complexity index is 193. The predicted octanol–water partition coefficient (Wildman–Crippen LogP) is 1.12. The van der Waals surface area contributed by atoms with Gasteiger partial charge in [0.1, 0.15) is 0 Å². The molecule has 0 aromatic rings. The highest BCUT2D eigenvalue weighted by molar-refractivity contribution is 5.78. The Balaban J connectivity index is 4.09. The Morgan fingerprint density at radius 2 is 1.94 bits per heavy atom. The number of nitrogens with zero attached hydrogens (tertiary/aromatic N) is 1. The van der Waals surface area contributed by atoms with E-state index in [0.29, 0.717) is 31.7 Å². The first-order valence-electron chi connectivity index (χ1n) is 5.97. The maximum Gasteiger partial charge on any atom is 0.236 e. The molecule has 0 aliphatic heterocycles. The molecule has 0 heterocycles. The minimum atomic E-state index is 0.152. The Labute approximate surface area is 99.3 Å². The molecule has 0 rings (SSSR count). The fourth-order valence-corrected chi connectivity index (χ4v) is 1.36. The van der Waals surface area contributed by atoms with Gasteiger partial charge in [-0.3, -0.25) is 4.79 Å². The van der Waals surface area contributed by atoms with Crippen LogP contribution in [0.25, 0.3) is 0 Å². The Morgan fingerprint density at radius 3 is 2.38 bits per heavy atom. The summed E-state index contributed by atoms with van der Waals surface area (Å²) < 4.78 is 5.02. The van der Waals surface area contributed by atoms with Crippen LogP contribution in [0.2, 0.25) is 0 Å². The highest BCUT2D eigenvalue weighted by atomic mass is 16.5. The number of rotatable bonds is 8. The first kappa shape index (κ1) is 15.4. The summed E-state index contributed by atoms with van der Waals surface area (Å²) in [6.45, 7) is 10.8. The fraction of sp³-hybridized carbons (Fsp3) is 0.917. The van der Waals surface area contributed by atoms with Crippen LogP contribution in [0.3, 0.4) is 0 Å². The van der Waals surface area contributed by atoms with Crippen molar-refractivity contribution in [2.45, 2.75) is 33.7 Å². The highest BCUT2D eigenvalue weighted by Crippen LogP contribution is 1.99. The number of hydrogen-bond acceptors (Lipinski definition) is 3. The van der Waals surface area contributed by atoms with Crippen molar-refractivity contribution in [3.8, 4) is 0 Å². The zero-order chi connectivity index (χ0) is 12.6. The van der Waals surface area contributed by atoms with E-state index >= 15 is 0 Å². The number of carbonyl (C=O) groups is 1. The van der Waals surface area contributed by atoms with Crippen LogP contribution >= 0.6 is 0 Å². The summed E-state index contributed by atoms with van der Waals surface area (Å²) in [5, 5.41) is 3.14. The van der Waals surface area contributed by atoms with Crippen LogP contribution in [0.4, 0.5) is 0 Å². The molecule has 4 heteroatoms. The van der Waals surface area contributed by atoms with E-state index in [4.69, 9.17) is 4.74 Å². The smallest absolute Gasteiger partial charge is 0.236 e. The molecular weight excluding hydrogens is 204 g/mol. The van der Waals surface area contributed by atoms with Gasteiger partial charge in [0.25, 0.3) is 0 Å². The van der Waals surface area contributed by atoms with Gasteiger partial charge in [0, 0.05) is 26.2 Å². The highest BCUT2D eigenvalue weighted by Gasteiger charge is 2.14. The van der Waals surface area contributed by atoms with Gasteiger partial charge in [-0.05, 0) is 5.92 Å². The molecule has 4 nitrogen and oxygen atoms in total. The van der Waals surface area contributed by atoms with E-state index in [1.54, 1.807) is 7.11 Å². The van der Waals surface area contributed by atoms with Crippen LogP contribution in [0.1, 0.15) is 27.7 Å². The number of carbonyl (C=O) groups excluding carboxylic acids is 1. The van der Waals surface area contributed by atoms with Crippen molar-refractivity contribution in [1.82, 2.24) is 10.2 Å². The summed E-state index contributed by atoms with van der Waals surface area (Å²) in [7, 11) is 1.66. The lowest BCUT2D eigenvalue weighted by Crippen LogP contribution is -2.43. The second-order valence-electron chi connectivity index (χ2n) is 4.76. The second-order valence-corrected chi connectivity index (χ2v) is 4.76. The molecule has 0 aromatic carbocycles. The minimum Gasteiger partial charge on any atom is -0.383 e. The minimum absolute atomic E-state index is 0.152. The number of ether oxygens (including phenoxy) is 1. The van der Waals surface area contributed by atoms with Gasteiger partial charge >= 0.3 is 0 Å². The predicted molar refractivity (Wildman–Crippen MR) is 66.4 cm³/mol. The van der Waals surface area contributed by atoms with Crippen LogP contribution in [0, 0.1) is 5.92 Å². The van der Waals surface area contributed by atoms with Gasteiger partial charge in [0.05, 0.1) is 13.2 Å². The van der Waals surface area contributed by atoms with E-state index in [2.05, 4.69) is 19.2 Å². The maximum atomic E-state index is 11.9. The molecule has 1 N–H and O–H groups in total. The summed E-state index contributed by atoms with van der Waals surface area (Å²) in [6.07, 6.45) is 0. The van der Waals surface area contributed by atoms with Gasteiger partial charge in [-0.2, -0.15) is 0 Å².